The Bertz CT molecular complexity index is 2720. The summed E-state index contributed by atoms with van der Waals surface area (Å²) in [7, 11) is 1.14. The largest absolute Gasteiger partial charge is 0.497 e. The van der Waals surface area contributed by atoms with E-state index in [1.54, 1.807) is 127 Å². The van der Waals surface area contributed by atoms with E-state index in [9.17, 15) is 26.4 Å². The predicted octanol–water partition coefficient (Wildman–Crippen LogP) is 8.36. The maximum Gasteiger partial charge on any atom is 0.315 e. The number of hydrogen-bond donors (Lipinski definition) is 0. The molecule has 6 aromatic carbocycles. The lowest BCUT2D eigenvalue weighted by Gasteiger charge is -2.25. The number of rotatable bonds is 20. The summed E-state index contributed by atoms with van der Waals surface area (Å²) in [6.07, 6.45) is -0.00316. The number of carbonyl (C=O) groups is 2. The Morgan fingerprint density at radius 1 is 0.441 bits per heavy atom. The molecule has 0 fully saturated rings. The highest BCUT2D eigenvalue weighted by molar-refractivity contribution is 7.89. The Hall–Kier alpha value is -6.72. The maximum absolute atomic E-state index is 13.9. The number of ether oxygens (including phenoxy) is 6. The molecular formula is C52H58N2O12S2. The van der Waals surface area contributed by atoms with Crippen LogP contribution in [-0.4, -0.2) is 80.0 Å². The molecular weight excluding hydrogens is 909 g/mol. The molecule has 0 bridgehead atoms. The summed E-state index contributed by atoms with van der Waals surface area (Å²) < 4.78 is 88.3. The Labute approximate surface area is 400 Å². The number of methoxy groups -OCH3 is 6. The Morgan fingerprint density at radius 2 is 0.779 bits per heavy atom. The molecule has 6 rings (SSSR count). The lowest BCUT2D eigenvalue weighted by Crippen LogP contribution is -2.32. The fourth-order valence-corrected chi connectivity index (χ4v) is 9.91. The van der Waals surface area contributed by atoms with E-state index in [-0.39, 0.29) is 42.4 Å². The first-order valence-electron chi connectivity index (χ1n) is 21.3. The van der Waals surface area contributed by atoms with Crippen LogP contribution in [0.2, 0.25) is 0 Å². The van der Waals surface area contributed by atoms with Gasteiger partial charge in [0.05, 0.1) is 64.3 Å². The van der Waals surface area contributed by atoms with E-state index < -0.39 is 37.4 Å². The van der Waals surface area contributed by atoms with Crippen molar-refractivity contribution in [2.75, 3.05) is 42.7 Å². The molecule has 0 amide bonds. The number of hydrogen-bond acceptors (Lipinski definition) is 12. The van der Waals surface area contributed by atoms with Gasteiger partial charge in [-0.15, -0.1) is 0 Å². The second-order valence-electron chi connectivity index (χ2n) is 16.0. The lowest BCUT2D eigenvalue weighted by molar-refractivity contribution is -0.146. The van der Waals surface area contributed by atoms with Crippen molar-refractivity contribution < 1.29 is 54.8 Å². The third-order valence-corrected chi connectivity index (χ3v) is 14.6. The minimum atomic E-state index is -3.93. The van der Waals surface area contributed by atoms with E-state index in [2.05, 4.69) is 0 Å². The van der Waals surface area contributed by atoms with E-state index in [1.807, 2.05) is 48.5 Å². The van der Waals surface area contributed by atoms with Gasteiger partial charge in [-0.3, -0.25) is 9.59 Å². The number of esters is 2. The fraction of sp³-hybridized carbons (Fsp3) is 0.269. The van der Waals surface area contributed by atoms with Gasteiger partial charge < -0.3 is 28.4 Å². The molecule has 0 atom stereocenters. The molecule has 68 heavy (non-hydrogen) atoms. The van der Waals surface area contributed by atoms with Crippen LogP contribution in [0.3, 0.4) is 0 Å². The Morgan fingerprint density at radius 3 is 1.10 bits per heavy atom. The van der Waals surface area contributed by atoms with E-state index in [1.165, 1.54) is 35.0 Å². The topological polar surface area (TPSA) is 164 Å². The molecule has 0 aliphatic rings. The number of carbonyl (C=O) groups excluding carboxylic acids is 2. The molecule has 0 N–H and O–H groups in total. The normalized spacial score (nSPS) is 11.6. The second kappa shape index (κ2) is 23.8. The minimum absolute atomic E-state index is 0.00316. The van der Waals surface area contributed by atoms with Gasteiger partial charge in [-0.2, -0.15) is 8.61 Å². The first-order valence-corrected chi connectivity index (χ1v) is 24.2. The smallest absolute Gasteiger partial charge is 0.315 e. The third-order valence-electron chi connectivity index (χ3n) is 11.1. The van der Waals surface area contributed by atoms with Crippen molar-refractivity contribution in [1.29, 1.82) is 0 Å². The summed E-state index contributed by atoms with van der Waals surface area (Å²) in [5, 5.41) is 0. The van der Waals surface area contributed by atoms with Crippen LogP contribution >= 0.6 is 0 Å². The van der Waals surface area contributed by atoms with Crippen LogP contribution in [0.1, 0.15) is 47.2 Å². The van der Waals surface area contributed by atoms with Crippen LogP contribution in [0.25, 0.3) is 0 Å². The quantitative estimate of drug-likeness (QED) is 0.0673. The predicted molar refractivity (Wildman–Crippen MR) is 258 cm³/mol. The van der Waals surface area contributed by atoms with Crippen molar-refractivity contribution in [1.82, 2.24) is 8.61 Å². The molecule has 0 spiro atoms. The van der Waals surface area contributed by atoms with Crippen LogP contribution in [0.4, 0.5) is 0 Å². The molecule has 0 saturated heterocycles. The zero-order chi connectivity index (χ0) is 49.5. The van der Waals surface area contributed by atoms with Crippen LogP contribution in [0.15, 0.2) is 155 Å². The van der Waals surface area contributed by atoms with Crippen molar-refractivity contribution >= 4 is 32.0 Å². The maximum atomic E-state index is 13.9. The van der Waals surface area contributed by atoms with Gasteiger partial charge in [0.25, 0.3) is 0 Å². The second-order valence-corrected chi connectivity index (χ2v) is 19.9. The van der Waals surface area contributed by atoms with Crippen molar-refractivity contribution in [3.05, 3.63) is 179 Å². The van der Waals surface area contributed by atoms with Gasteiger partial charge in [-0.25, -0.2) is 16.8 Å². The highest BCUT2D eigenvalue weighted by Gasteiger charge is 2.33. The molecule has 0 aliphatic carbocycles. The van der Waals surface area contributed by atoms with Crippen LogP contribution in [-0.2, 0) is 77.1 Å². The van der Waals surface area contributed by atoms with E-state index >= 15 is 0 Å². The zero-order valence-corrected chi connectivity index (χ0v) is 41.1. The molecule has 360 valence electrons. The molecule has 0 heterocycles. The molecule has 16 heteroatoms. The summed E-state index contributed by atoms with van der Waals surface area (Å²) in [6, 6.07) is 41.9. The first-order chi connectivity index (χ1) is 32.5. The van der Waals surface area contributed by atoms with Gasteiger partial charge in [-0.1, -0.05) is 72.8 Å². The van der Waals surface area contributed by atoms with E-state index in [0.29, 0.717) is 34.1 Å². The monoisotopic (exact) mass is 966 g/mol. The average Bonchev–Trinajstić information content (AvgIpc) is 3.36. The van der Waals surface area contributed by atoms with Gasteiger partial charge in [0.1, 0.15) is 23.0 Å². The standard InChI is InChI=1S/C27H31NO6S.C25H27NO6S/c1-27(2,26(29)34-5)22-7-6-8-25(17-22)35(30,31)28(18-20-9-13-23(32-3)14-10-20)19-21-11-15-24(33-4)16-12-21;1-30-22-11-7-19(8-12-22)17-26(18-20-9-13-23(31-2)14-10-20)33(28,29)24-6-4-5-21(15-24)16-25(27)32-3/h6-17H,18-19H2,1-5H3;4-15H,16-18H2,1-3H3. The molecule has 0 unspecified atom stereocenters. The van der Waals surface area contributed by atoms with Crippen molar-refractivity contribution in [2.24, 2.45) is 0 Å². The Balaban J connectivity index is 0.000000255. The first kappa shape index (κ1) is 52.3. The number of nitrogens with zero attached hydrogens (tertiary/aromatic N) is 2. The molecule has 0 aromatic heterocycles. The molecule has 6 aromatic rings. The molecule has 0 aliphatic heterocycles. The van der Waals surface area contributed by atoms with Crippen LogP contribution in [0.5, 0.6) is 23.0 Å². The summed E-state index contributed by atoms with van der Waals surface area (Å²) in [4.78, 5) is 24.2. The summed E-state index contributed by atoms with van der Waals surface area (Å²) >= 11 is 0. The van der Waals surface area contributed by atoms with Gasteiger partial charge in [0, 0.05) is 26.2 Å². The van der Waals surface area contributed by atoms with Gasteiger partial charge >= 0.3 is 11.9 Å². The van der Waals surface area contributed by atoms with Crippen molar-refractivity contribution in [2.45, 2.75) is 61.7 Å². The molecule has 0 saturated carbocycles. The fourth-order valence-electron chi connectivity index (χ4n) is 6.96. The SMILES string of the molecule is COC(=O)C(C)(C)c1cccc(S(=O)(=O)N(Cc2ccc(OC)cc2)Cc2ccc(OC)cc2)c1.COC(=O)Cc1cccc(S(=O)(=O)N(Cc2ccc(OC)cc2)Cc2ccc(OC)cc2)c1. The third kappa shape index (κ3) is 13.7. The Kier molecular flexibility index (Phi) is 18.3. The van der Waals surface area contributed by atoms with Gasteiger partial charge in [0.2, 0.25) is 20.0 Å². The number of benzene rings is 6. The van der Waals surface area contributed by atoms with E-state index in [0.717, 1.165) is 22.3 Å². The highest BCUT2D eigenvalue weighted by atomic mass is 32.2. The minimum Gasteiger partial charge on any atom is -0.497 e. The summed E-state index contributed by atoms with van der Waals surface area (Å²) in [5.74, 6) is 1.89. The van der Waals surface area contributed by atoms with E-state index in [4.69, 9.17) is 28.4 Å². The van der Waals surface area contributed by atoms with Gasteiger partial charge in [0.15, 0.2) is 0 Å². The number of sulfonamides is 2. The summed E-state index contributed by atoms with van der Waals surface area (Å²) in [6.45, 7) is 4.05. The summed E-state index contributed by atoms with van der Waals surface area (Å²) in [5.41, 5.74) is 3.38. The molecule has 0 radical (unpaired) electrons. The molecule has 14 nitrogen and oxygen atoms in total. The van der Waals surface area contributed by atoms with Crippen LogP contribution in [0, 0.1) is 0 Å². The van der Waals surface area contributed by atoms with Crippen molar-refractivity contribution in [3.63, 3.8) is 0 Å². The zero-order valence-electron chi connectivity index (χ0n) is 39.5. The lowest BCUT2D eigenvalue weighted by atomic mass is 9.85. The highest BCUT2D eigenvalue weighted by Crippen LogP contribution is 2.30. The van der Waals surface area contributed by atoms with Crippen molar-refractivity contribution in [3.8, 4) is 23.0 Å². The van der Waals surface area contributed by atoms with Gasteiger partial charge in [-0.05, 0) is 120 Å². The van der Waals surface area contributed by atoms with Crippen LogP contribution < -0.4 is 18.9 Å². The average molecular weight is 967 g/mol.